The van der Waals surface area contributed by atoms with Crippen LogP contribution in [-0.4, -0.2) is 26.7 Å². The molecule has 0 saturated carbocycles. The van der Waals surface area contributed by atoms with Gasteiger partial charge < -0.3 is 20.1 Å². The molecule has 0 aliphatic rings. The molecule has 0 bridgehead atoms. The Bertz CT molecular complexity index is 803. The van der Waals surface area contributed by atoms with Crippen LogP contribution in [0.15, 0.2) is 24.3 Å². The fourth-order valence-corrected chi connectivity index (χ4v) is 2.22. The van der Waals surface area contributed by atoms with Crippen molar-refractivity contribution in [2.24, 2.45) is 0 Å². The van der Waals surface area contributed by atoms with Gasteiger partial charge in [-0.25, -0.2) is 13.2 Å². The average Bonchev–Trinajstić information content (AvgIpc) is 2.60. The zero-order chi connectivity index (χ0) is 18.6. The van der Waals surface area contributed by atoms with Crippen LogP contribution in [0.1, 0.15) is 0 Å². The summed E-state index contributed by atoms with van der Waals surface area (Å²) in [5.41, 5.74) is -0.0592. The van der Waals surface area contributed by atoms with E-state index in [1.54, 1.807) is 0 Å². The van der Waals surface area contributed by atoms with Gasteiger partial charge in [-0.05, 0) is 12.1 Å². The molecule has 0 saturated heterocycles. The summed E-state index contributed by atoms with van der Waals surface area (Å²) >= 11 is 5.97. The van der Waals surface area contributed by atoms with E-state index in [4.69, 9.17) is 21.1 Å². The zero-order valence-electron chi connectivity index (χ0n) is 13.3. The second-order valence-electron chi connectivity index (χ2n) is 4.81. The van der Waals surface area contributed by atoms with Crippen molar-refractivity contribution >= 4 is 28.9 Å². The number of carbonyl (C=O) groups excluding carboxylic acids is 1. The number of ether oxygens (including phenoxy) is 2. The van der Waals surface area contributed by atoms with E-state index in [2.05, 4.69) is 10.6 Å². The Hall–Kier alpha value is -2.61. The Labute approximate surface area is 146 Å². The van der Waals surface area contributed by atoms with Crippen molar-refractivity contribution in [1.29, 1.82) is 0 Å². The van der Waals surface area contributed by atoms with Crippen molar-refractivity contribution in [3.8, 4) is 11.5 Å². The molecule has 0 radical (unpaired) electrons. The highest BCUT2D eigenvalue weighted by molar-refractivity contribution is 6.32. The summed E-state index contributed by atoms with van der Waals surface area (Å²) in [7, 11) is 2.80. The number of hydrogen-bond donors (Lipinski definition) is 2. The molecule has 0 atom stereocenters. The molecule has 0 unspecified atom stereocenters. The van der Waals surface area contributed by atoms with Gasteiger partial charge in [-0.15, -0.1) is 0 Å². The molecular formula is C16H14ClF3N2O3. The Morgan fingerprint density at radius 1 is 1.04 bits per heavy atom. The maximum Gasteiger partial charge on any atom is 0.243 e. The van der Waals surface area contributed by atoms with E-state index < -0.39 is 29.9 Å². The predicted octanol–water partition coefficient (Wildman–Crippen LogP) is 3.83. The molecule has 25 heavy (non-hydrogen) atoms. The summed E-state index contributed by atoms with van der Waals surface area (Å²) in [6.45, 7) is -0.393. The third-order valence-electron chi connectivity index (χ3n) is 3.22. The van der Waals surface area contributed by atoms with Crippen LogP contribution in [0.3, 0.4) is 0 Å². The fraction of sp³-hybridized carbons (Fsp3) is 0.188. The number of carbonyl (C=O) groups is 1. The van der Waals surface area contributed by atoms with Gasteiger partial charge >= 0.3 is 0 Å². The molecule has 0 fully saturated rings. The SMILES string of the molecule is COc1cc(NC(=O)CNc2ccc(F)c(F)c2F)c(OC)cc1Cl. The van der Waals surface area contributed by atoms with Crippen molar-refractivity contribution in [3.63, 3.8) is 0 Å². The maximum absolute atomic E-state index is 13.5. The summed E-state index contributed by atoms with van der Waals surface area (Å²) in [6.07, 6.45) is 0. The summed E-state index contributed by atoms with van der Waals surface area (Å²) < 4.78 is 49.7. The summed E-state index contributed by atoms with van der Waals surface area (Å²) in [5.74, 6) is -4.30. The van der Waals surface area contributed by atoms with Crippen LogP contribution < -0.4 is 20.1 Å². The highest BCUT2D eigenvalue weighted by Crippen LogP contribution is 2.35. The summed E-state index contributed by atoms with van der Waals surface area (Å²) in [4.78, 5) is 12.0. The molecule has 5 nitrogen and oxygen atoms in total. The molecule has 2 aromatic rings. The molecule has 0 spiro atoms. The first-order valence-corrected chi connectivity index (χ1v) is 7.34. The molecule has 0 aliphatic carbocycles. The molecule has 1 amide bonds. The predicted molar refractivity (Wildman–Crippen MR) is 88.0 cm³/mol. The van der Waals surface area contributed by atoms with E-state index in [0.717, 1.165) is 12.1 Å². The first-order chi connectivity index (χ1) is 11.9. The van der Waals surface area contributed by atoms with E-state index in [1.807, 2.05) is 0 Å². The van der Waals surface area contributed by atoms with E-state index in [-0.39, 0.29) is 17.1 Å². The normalized spacial score (nSPS) is 10.3. The Kier molecular flexibility index (Phi) is 5.97. The highest BCUT2D eigenvalue weighted by Gasteiger charge is 2.15. The second kappa shape index (κ2) is 7.98. The maximum atomic E-state index is 13.5. The number of benzene rings is 2. The molecule has 134 valence electrons. The number of amides is 1. The van der Waals surface area contributed by atoms with Crippen LogP contribution in [0.5, 0.6) is 11.5 Å². The first kappa shape index (κ1) is 18.7. The van der Waals surface area contributed by atoms with Gasteiger partial charge in [0.15, 0.2) is 17.5 Å². The lowest BCUT2D eigenvalue weighted by Crippen LogP contribution is -2.22. The highest BCUT2D eigenvalue weighted by atomic mass is 35.5. The van der Waals surface area contributed by atoms with Crippen molar-refractivity contribution in [2.45, 2.75) is 0 Å². The van der Waals surface area contributed by atoms with Crippen LogP contribution >= 0.6 is 11.6 Å². The van der Waals surface area contributed by atoms with Crippen molar-refractivity contribution in [3.05, 3.63) is 46.7 Å². The van der Waals surface area contributed by atoms with Gasteiger partial charge in [-0.3, -0.25) is 4.79 Å². The van der Waals surface area contributed by atoms with Crippen LogP contribution in [0.2, 0.25) is 5.02 Å². The van der Waals surface area contributed by atoms with Crippen molar-refractivity contribution in [2.75, 3.05) is 31.4 Å². The molecule has 2 aromatic carbocycles. The zero-order valence-corrected chi connectivity index (χ0v) is 14.0. The molecule has 0 heterocycles. The fourth-order valence-electron chi connectivity index (χ4n) is 1.99. The van der Waals surface area contributed by atoms with Crippen LogP contribution in [-0.2, 0) is 4.79 Å². The van der Waals surface area contributed by atoms with E-state index in [1.165, 1.54) is 26.4 Å². The first-order valence-electron chi connectivity index (χ1n) is 6.96. The van der Waals surface area contributed by atoms with Crippen LogP contribution in [0.4, 0.5) is 24.5 Å². The quantitative estimate of drug-likeness (QED) is 0.755. The van der Waals surface area contributed by atoms with Gasteiger partial charge in [0.2, 0.25) is 5.91 Å². The Morgan fingerprint density at radius 2 is 1.72 bits per heavy atom. The minimum absolute atomic E-state index is 0.279. The summed E-state index contributed by atoms with van der Waals surface area (Å²) in [6, 6.07) is 4.66. The van der Waals surface area contributed by atoms with Crippen LogP contribution in [0.25, 0.3) is 0 Å². The average molecular weight is 375 g/mol. The number of hydrogen-bond acceptors (Lipinski definition) is 4. The minimum Gasteiger partial charge on any atom is -0.495 e. The molecule has 0 aromatic heterocycles. The van der Waals surface area contributed by atoms with E-state index >= 15 is 0 Å². The van der Waals surface area contributed by atoms with E-state index in [0.29, 0.717) is 10.8 Å². The van der Waals surface area contributed by atoms with Crippen molar-refractivity contribution < 1.29 is 27.4 Å². The van der Waals surface area contributed by atoms with Gasteiger partial charge in [-0.1, -0.05) is 11.6 Å². The lowest BCUT2D eigenvalue weighted by atomic mass is 10.2. The van der Waals surface area contributed by atoms with Gasteiger partial charge in [0.25, 0.3) is 0 Å². The topological polar surface area (TPSA) is 59.6 Å². The number of methoxy groups -OCH3 is 2. The molecule has 2 rings (SSSR count). The largest absolute Gasteiger partial charge is 0.495 e. The lowest BCUT2D eigenvalue weighted by molar-refractivity contribution is -0.114. The molecule has 0 aliphatic heterocycles. The van der Waals surface area contributed by atoms with Gasteiger partial charge in [0, 0.05) is 12.1 Å². The Balaban J connectivity index is 2.09. The molecule has 9 heteroatoms. The number of anilines is 2. The monoisotopic (exact) mass is 374 g/mol. The van der Waals surface area contributed by atoms with Gasteiger partial charge in [0.1, 0.15) is 11.5 Å². The smallest absolute Gasteiger partial charge is 0.243 e. The number of rotatable bonds is 6. The van der Waals surface area contributed by atoms with Crippen molar-refractivity contribution in [1.82, 2.24) is 0 Å². The third-order valence-corrected chi connectivity index (χ3v) is 3.52. The summed E-state index contributed by atoms with van der Waals surface area (Å²) in [5, 5.41) is 5.20. The van der Waals surface area contributed by atoms with Gasteiger partial charge in [0.05, 0.1) is 37.2 Å². The molecular weight excluding hydrogens is 361 g/mol. The number of halogens is 4. The Morgan fingerprint density at radius 3 is 2.36 bits per heavy atom. The minimum atomic E-state index is -1.62. The second-order valence-corrected chi connectivity index (χ2v) is 5.22. The van der Waals surface area contributed by atoms with Crippen LogP contribution in [0, 0.1) is 17.5 Å². The lowest BCUT2D eigenvalue weighted by Gasteiger charge is -2.14. The van der Waals surface area contributed by atoms with Gasteiger partial charge in [-0.2, -0.15) is 0 Å². The number of nitrogens with one attached hydrogen (secondary N) is 2. The molecule has 2 N–H and O–H groups in total. The third kappa shape index (κ3) is 4.27. The van der Waals surface area contributed by atoms with E-state index in [9.17, 15) is 18.0 Å². The standard InChI is InChI=1S/C16H14ClF3N2O3/c1-24-12-6-11(13(25-2)5-8(12)17)22-14(23)7-21-10-4-3-9(18)15(19)16(10)20/h3-6,21H,7H2,1-2H3,(H,22,23).